The van der Waals surface area contributed by atoms with Gasteiger partial charge in [-0.15, -0.1) is 0 Å². The van der Waals surface area contributed by atoms with Crippen LogP contribution >= 0.6 is 11.8 Å². The third kappa shape index (κ3) is 2.05. The molecule has 0 radical (unpaired) electrons. The summed E-state index contributed by atoms with van der Waals surface area (Å²) in [5.74, 6) is 2.22. The molecule has 3 rings (SSSR count). The number of carbonyl (C=O) groups is 1. The Balaban J connectivity index is 1.89. The molecule has 0 atom stereocenters. The van der Waals surface area contributed by atoms with E-state index in [4.69, 9.17) is 0 Å². The van der Waals surface area contributed by atoms with E-state index in [1.807, 2.05) is 47.0 Å². The second kappa shape index (κ2) is 4.45. The summed E-state index contributed by atoms with van der Waals surface area (Å²) in [6.07, 6.45) is 0. The van der Waals surface area contributed by atoms with Gasteiger partial charge < -0.3 is 9.88 Å². The van der Waals surface area contributed by atoms with Crippen molar-refractivity contribution in [1.82, 2.24) is 9.88 Å². The Bertz CT molecular complexity index is 510. The average Bonchev–Trinajstić information content (AvgIpc) is 2.82. The lowest BCUT2D eigenvalue weighted by Gasteiger charge is -2.25. The van der Waals surface area contributed by atoms with Gasteiger partial charge in [-0.1, -0.05) is 18.2 Å². The molecule has 2 heterocycles. The summed E-state index contributed by atoms with van der Waals surface area (Å²) in [6.45, 7) is 1.72. The van der Waals surface area contributed by atoms with E-state index in [1.165, 1.54) is 0 Å². The fourth-order valence-corrected chi connectivity index (χ4v) is 3.03. The van der Waals surface area contributed by atoms with E-state index in [0.29, 0.717) is 5.69 Å². The highest BCUT2D eigenvalue weighted by Gasteiger charge is 2.19. The van der Waals surface area contributed by atoms with Gasteiger partial charge in [0.25, 0.3) is 5.91 Å². The number of aromatic nitrogens is 1. The molecule has 1 fully saturated rings. The van der Waals surface area contributed by atoms with E-state index < -0.39 is 0 Å². The van der Waals surface area contributed by atoms with Crippen LogP contribution in [-0.2, 0) is 0 Å². The molecule has 0 aliphatic carbocycles. The lowest BCUT2D eigenvalue weighted by Crippen LogP contribution is -2.38. The Morgan fingerprint density at radius 1 is 1.24 bits per heavy atom. The molecule has 1 amide bonds. The van der Waals surface area contributed by atoms with Gasteiger partial charge in [0.1, 0.15) is 5.69 Å². The number of nitrogens with one attached hydrogen (secondary N) is 1. The van der Waals surface area contributed by atoms with Crippen molar-refractivity contribution in [1.29, 1.82) is 0 Å². The molecular weight excluding hydrogens is 232 g/mol. The Morgan fingerprint density at radius 3 is 2.76 bits per heavy atom. The maximum atomic E-state index is 12.3. The standard InChI is InChI=1S/C13H14N2OS/c16-13(15-5-7-17-8-6-15)12-9-10-3-1-2-4-11(10)14-12/h1-4,9,14H,5-8H2. The molecule has 4 heteroatoms. The number of aromatic amines is 1. The number of hydrogen-bond donors (Lipinski definition) is 1. The number of carbonyl (C=O) groups excluding carboxylic acids is 1. The SMILES string of the molecule is O=C(c1cc2ccccc2[nH]1)N1CCSCC1. The third-order valence-electron chi connectivity index (χ3n) is 3.06. The normalized spacial score (nSPS) is 16.4. The lowest BCUT2D eigenvalue weighted by molar-refractivity contribution is 0.0767. The van der Waals surface area contributed by atoms with E-state index >= 15 is 0 Å². The van der Waals surface area contributed by atoms with Gasteiger partial charge in [-0.2, -0.15) is 11.8 Å². The first kappa shape index (κ1) is 10.7. The van der Waals surface area contributed by atoms with Crippen LogP contribution in [-0.4, -0.2) is 40.4 Å². The topological polar surface area (TPSA) is 36.1 Å². The highest BCUT2D eigenvalue weighted by atomic mass is 32.2. The van der Waals surface area contributed by atoms with Crippen LogP contribution in [0.15, 0.2) is 30.3 Å². The summed E-state index contributed by atoms with van der Waals surface area (Å²) in [7, 11) is 0. The molecule has 1 aromatic heterocycles. The Labute approximate surface area is 104 Å². The van der Waals surface area contributed by atoms with Crippen LogP contribution in [0.3, 0.4) is 0 Å². The van der Waals surface area contributed by atoms with Gasteiger partial charge >= 0.3 is 0 Å². The van der Waals surface area contributed by atoms with Gasteiger partial charge in [0.05, 0.1) is 0 Å². The molecule has 0 bridgehead atoms. The van der Waals surface area contributed by atoms with Crippen LogP contribution in [0.5, 0.6) is 0 Å². The first-order valence-electron chi connectivity index (χ1n) is 5.79. The van der Waals surface area contributed by atoms with Crippen molar-refractivity contribution >= 4 is 28.6 Å². The van der Waals surface area contributed by atoms with Crippen molar-refractivity contribution in [3.8, 4) is 0 Å². The Kier molecular flexibility index (Phi) is 2.81. The summed E-state index contributed by atoms with van der Waals surface area (Å²) in [5, 5.41) is 1.10. The van der Waals surface area contributed by atoms with Crippen LogP contribution in [0.4, 0.5) is 0 Å². The molecule has 3 nitrogen and oxygen atoms in total. The van der Waals surface area contributed by atoms with Crippen LogP contribution in [0, 0.1) is 0 Å². The smallest absolute Gasteiger partial charge is 0.270 e. The van der Waals surface area contributed by atoms with E-state index in [1.54, 1.807) is 0 Å². The first-order chi connectivity index (χ1) is 8.34. The predicted octanol–water partition coefficient (Wildman–Crippen LogP) is 2.36. The van der Waals surface area contributed by atoms with Crippen molar-refractivity contribution in [2.24, 2.45) is 0 Å². The largest absolute Gasteiger partial charge is 0.351 e. The summed E-state index contributed by atoms with van der Waals surface area (Å²) < 4.78 is 0. The van der Waals surface area contributed by atoms with E-state index in [9.17, 15) is 4.79 Å². The molecule has 1 aliphatic heterocycles. The molecule has 88 valence electrons. The zero-order valence-corrected chi connectivity index (χ0v) is 10.3. The monoisotopic (exact) mass is 246 g/mol. The van der Waals surface area contributed by atoms with Crippen molar-refractivity contribution in [3.63, 3.8) is 0 Å². The maximum Gasteiger partial charge on any atom is 0.270 e. The van der Waals surface area contributed by atoms with Gasteiger partial charge in [-0.25, -0.2) is 0 Å². The average molecular weight is 246 g/mol. The number of hydrogen-bond acceptors (Lipinski definition) is 2. The van der Waals surface area contributed by atoms with Crippen LogP contribution < -0.4 is 0 Å². The molecule has 2 aromatic rings. The predicted molar refractivity (Wildman–Crippen MR) is 71.5 cm³/mol. The maximum absolute atomic E-state index is 12.3. The van der Waals surface area contributed by atoms with Crippen LogP contribution in [0.2, 0.25) is 0 Å². The van der Waals surface area contributed by atoms with E-state index in [0.717, 1.165) is 35.5 Å². The minimum atomic E-state index is 0.126. The summed E-state index contributed by atoms with van der Waals surface area (Å²) >= 11 is 1.91. The fraction of sp³-hybridized carbons (Fsp3) is 0.308. The van der Waals surface area contributed by atoms with Crippen LogP contribution in [0.25, 0.3) is 10.9 Å². The fourth-order valence-electron chi connectivity index (χ4n) is 2.13. The van der Waals surface area contributed by atoms with Gasteiger partial charge in [0, 0.05) is 35.5 Å². The van der Waals surface area contributed by atoms with Gasteiger partial charge in [0.2, 0.25) is 0 Å². The number of thioether (sulfide) groups is 1. The molecule has 1 aliphatic rings. The molecule has 0 unspecified atom stereocenters. The number of benzene rings is 1. The quantitative estimate of drug-likeness (QED) is 0.838. The third-order valence-corrected chi connectivity index (χ3v) is 4.00. The highest BCUT2D eigenvalue weighted by molar-refractivity contribution is 7.99. The molecule has 1 aromatic carbocycles. The Hall–Kier alpha value is -1.42. The second-order valence-corrected chi connectivity index (χ2v) is 5.40. The minimum Gasteiger partial charge on any atom is -0.351 e. The summed E-state index contributed by atoms with van der Waals surface area (Å²) in [5.41, 5.74) is 1.74. The number of fused-ring (bicyclic) bond motifs is 1. The summed E-state index contributed by atoms with van der Waals surface area (Å²) in [6, 6.07) is 9.93. The van der Waals surface area contributed by atoms with Crippen molar-refractivity contribution in [2.75, 3.05) is 24.6 Å². The number of H-pyrrole nitrogens is 1. The van der Waals surface area contributed by atoms with Crippen molar-refractivity contribution in [3.05, 3.63) is 36.0 Å². The molecule has 0 saturated carbocycles. The molecule has 1 saturated heterocycles. The minimum absolute atomic E-state index is 0.126. The molecule has 1 N–H and O–H groups in total. The molecular formula is C13H14N2OS. The second-order valence-electron chi connectivity index (χ2n) is 4.17. The number of para-hydroxylation sites is 1. The first-order valence-corrected chi connectivity index (χ1v) is 6.95. The van der Waals surface area contributed by atoms with Gasteiger partial charge in [-0.3, -0.25) is 4.79 Å². The lowest BCUT2D eigenvalue weighted by atomic mass is 10.2. The number of amides is 1. The highest BCUT2D eigenvalue weighted by Crippen LogP contribution is 2.17. The van der Waals surface area contributed by atoms with Gasteiger partial charge in [0.15, 0.2) is 0 Å². The van der Waals surface area contributed by atoms with E-state index in [2.05, 4.69) is 4.98 Å². The Morgan fingerprint density at radius 2 is 2.00 bits per heavy atom. The van der Waals surface area contributed by atoms with Crippen molar-refractivity contribution < 1.29 is 4.79 Å². The molecule has 17 heavy (non-hydrogen) atoms. The zero-order valence-electron chi connectivity index (χ0n) is 9.48. The molecule has 0 spiro atoms. The van der Waals surface area contributed by atoms with Gasteiger partial charge in [-0.05, 0) is 12.1 Å². The van der Waals surface area contributed by atoms with Crippen molar-refractivity contribution in [2.45, 2.75) is 0 Å². The number of nitrogens with zero attached hydrogens (tertiary/aromatic N) is 1. The zero-order chi connectivity index (χ0) is 11.7. The summed E-state index contributed by atoms with van der Waals surface area (Å²) in [4.78, 5) is 17.4. The van der Waals surface area contributed by atoms with Crippen LogP contribution in [0.1, 0.15) is 10.5 Å². The van der Waals surface area contributed by atoms with E-state index in [-0.39, 0.29) is 5.91 Å². The number of rotatable bonds is 1.